The number of hydrogen-bond acceptors (Lipinski definition) is 3. The third kappa shape index (κ3) is 2.19. The summed E-state index contributed by atoms with van der Waals surface area (Å²) in [5, 5.41) is 3.20. The van der Waals surface area contributed by atoms with E-state index in [-0.39, 0.29) is 11.9 Å². The molecule has 1 unspecified atom stereocenters. The highest BCUT2D eigenvalue weighted by Crippen LogP contribution is 2.16. The van der Waals surface area contributed by atoms with Gasteiger partial charge in [-0.1, -0.05) is 6.92 Å². The Bertz CT molecular complexity index is 147. The first-order valence-corrected chi connectivity index (χ1v) is 4.02. The molecule has 1 aliphatic heterocycles. The van der Waals surface area contributed by atoms with Gasteiger partial charge in [0.15, 0.2) is 0 Å². The van der Waals surface area contributed by atoms with Crippen LogP contribution < -0.4 is 5.32 Å². The van der Waals surface area contributed by atoms with Gasteiger partial charge in [-0.05, 0) is 18.9 Å². The predicted molar refractivity (Wildman–Crippen MR) is 42.2 cm³/mol. The number of nitrogens with one attached hydrogen (secondary N) is 1. The number of ether oxygens (including phenoxy) is 1. The topological polar surface area (TPSA) is 38.3 Å². The van der Waals surface area contributed by atoms with Crippen LogP contribution in [0.15, 0.2) is 0 Å². The van der Waals surface area contributed by atoms with Crippen molar-refractivity contribution in [3.05, 3.63) is 0 Å². The molecule has 0 radical (unpaired) electrons. The summed E-state index contributed by atoms with van der Waals surface area (Å²) in [6.07, 6.45) is 0.958. The van der Waals surface area contributed by atoms with E-state index in [9.17, 15) is 4.79 Å². The van der Waals surface area contributed by atoms with E-state index < -0.39 is 0 Å². The lowest BCUT2D eigenvalue weighted by molar-refractivity contribution is -0.146. The molecular formula is C8H15NO2. The maximum atomic E-state index is 11.1. The molecule has 2 atom stereocenters. The molecule has 1 N–H and O–H groups in total. The summed E-state index contributed by atoms with van der Waals surface area (Å²) in [5.41, 5.74) is 0. The Morgan fingerprint density at radius 3 is 2.82 bits per heavy atom. The second-order valence-corrected chi connectivity index (χ2v) is 3.22. The van der Waals surface area contributed by atoms with Gasteiger partial charge in [-0.3, -0.25) is 4.79 Å². The molecule has 0 aromatic carbocycles. The average molecular weight is 157 g/mol. The number of rotatable bonds is 1. The fourth-order valence-electron chi connectivity index (χ4n) is 1.50. The van der Waals surface area contributed by atoms with Crippen molar-refractivity contribution in [1.29, 1.82) is 0 Å². The minimum atomic E-state index is -0.0796. The Balaban J connectivity index is 2.39. The molecule has 1 saturated heterocycles. The molecule has 1 heterocycles. The molecule has 1 aliphatic rings. The van der Waals surface area contributed by atoms with Crippen LogP contribution in [0.4, 0.5) is 0 Å². The Kier molecular flexibility index (Phi) is 2.88. The number of carbonyl (C=O) groups excluding carboxylic acids is 1. The third-order valence-electron chi connectivity index (χ3n) is 2.10. The SMILES string of the molecule is COC(=O)C1CNC[C@@H](C)C1. The van der Waals surface area contributed by atoms with Crippen molar-refractivity contribution in [2.45, 2.75) is 13.3 Å². The fraction of sp³-hybridized carbons (Fsp3) is 0.875. The van der Waals surface area contributed by atoms with Crippen molar-refractivity contribution >= 4 is 5.97 Å². The van der Waals surface area contributed by atoms with Crippen molar-refractivity contribution < 1.29 is 9.53 Å². The minimum Gasteiger partial charge on any atom is -0.469 e. The molecule has 0 aromatic rings. The zero-order valence-corrected chi connectivity index (χ0v) is 7.09. The number of piperidine rings is 1. The average Bonchev–Trinajstić information content (AvgIpc) is 2.03. The summed E-state index contributed by atoms with van der Waals surface area (Å²) in [7, 11) is 1.45. The largest absolute Gasteiger partial charge is 0.469 e. The first kappa shape index (κ1) is 8.53. The highest BCUT2D eigenvalue weighted by Gasteiger charge is 2.24. The molecule has 11 heavy (non-hydrogen) atoms. The Morgan fingerprint density at radius 1 is 1.55 bits per heavy atom. The molecule has 3 heteroatoms. The summed E-state index contributed by atoms with van der Waals surface area (Å²) in [6.45, 7) is 3.94. The number of carbonyl (C=O) groups is 1. The molecule has 0 aromatic heterocycles. The second kappa shape index (κ2) is 3.72. The van der Waals surface area contributed by atoms with Gasteiger partial charge < -0.3 is 10.1 Å². The highest BCUT2D eigenvalue weighted by atomic mass is 16.5. The van der Waals surface area contributed by atoms with Crippen LogP contribution in [0.25, 0.3) is 0 Å². The third-order valence-corrected chi connectivity index (χ3v) is 2.10. The second-order valence-electron chi connectivity index (χ2n) is 3.22. The summed E-state index contributed by atoms with van der Waals surface area (Å²) in [5.74, 6) is 0.584. The molecular weight excluding hydrogens is 142 g/mol. The molecule has 3 nitrogen and oxygen atoms in total. The van der Waals surface area contributed by atoms with Gasteiger partial charge >= 0.3 is 5.97 Å². The first-order chi connectivity index (χ1) is 5.24. The van der Waals surface area contributed by atoms with E-state index in [1.54, 1.807) is 0 Å². The van der Waals surface area contributed by atoms with E-state index in [1.165, 1.54) is 7.11 Å². The smallest absolute Gasteiger partial charge is 0.309 e. The molecule has 0 aliphatic carbocycles. The van der Waals surface area contributed by atoms with Crippen LogP contribution in [0.3, 0.4) is 0 Å². The molecule has 0 amide bonds. The standard InChI is InChI=1S/C8H15NO2/c1-6-3-7(5-9-4-6)8(10)11-2/h6-7,9H,3-5H2,1-2H3/t6-,7?/m0/s1. The van der Waals surface area contributed by atoms with Crippen LogP contribution in [0.1, 0.15) is 13.3 Å². The quantitative estimate of drug-likeness (QED) is 0.560. The van der Waals surface area contributed by atoms with Crippen LogP contribution in [0.2, 0.25) is 0 Å². The Labute approximate surface area is 67.1 Å². The lowest BCUT2D eigenvalue weighted by atomic mass is 9.92. The van der Waals surface area contributed by atoms with Gasteiger partial charge in [0.25, 0.3) is 0 Å². The minimum absolute atomic E-state index is 0.0729. The Morgan fingerprint density at radius 2 is 2.27 bits per heavy atom. The van der Waals surface area contributed by atoms with Crippen LogP contribution >= 0.6 is 0 Å². The lowest BCUT2D eigenvalue weighted by Crippen LogP contribution is -2.39. The monoisotopic (exact) mass is 157 g/mol. The zero-order valence-electron chi connectivity index (χ0n) is 7.09. The number of methoxy groups -OCH3 is 1. The van der Waals surface area contributed by atoms with Gasteiger partial charge in [-0.15, -0.1) is 0 Å². The molecule has 64 valence electrons. The highest BCUT2D eigenvalue weighted by molar-refractivity contribution is 5.72. The van der Waals surface area contributed by atoms with Crippen LogP contribution in [0, 0.1) is 11.8 Å². The van der Waals surface area contributed by atoms with Gasteiger partial charge in [0.1, 0.15) is 0 Å². The van der Waals surface area contributed by atoms with E-state index in [0.717, 1.165) is 19.5 Å². The molecule has 0 spiro atoms. The van der Waals surface area contributed by atoms with Crippen molar-refractivity contribution in [3.8, 4) is 0 Å². The van der Waals surface area contributed by atoms with Gasteiger partial charge in [0.05, 0.1) is 13.0 Å². The van der Waals surface area contributed by atoms with E-state index in [1.807, 2.05) is 0 Å². The van der Waals surface area contributed by atoms with E-state index in [0.29, 0.717) is 5.92 Å². The zero-order chi connectivity index (χ0) is 8.27. The van der Waals surface area contributed by atoms with Crippen LogP contribution in [-0.4, -0.2) is 26.2 Å². The Hall–Kier alpha value is -0.570. The van der Waals surface area contributed by atoms with Crippen molar-refractivity contribution in [3.63, 3.8) is 0 Å². The van der Waals surface area contributed by atoms with Crippen LogP contribution in [0.5, 0.6) is 0 Å². The van der Waals surface area contributed by atoms with Crippen molar-refractivity contribution in [2.75, 3.05) is 20.2 Å². The lowest BCUT2D eigenvalue weighted by Gasteiger charge is -2.25. The van der Waals surface area contributed by atoms with Gasteiger partial charge in [-0.25, -0.2) is 0 Å². The molecule has 1 rings (SSSR count). The molecule has 1 fully saturated rings. The number of hydrogen-bond donors (Lipinski definition) is 1. The van der Waals surface area contributed by atoms with Gasteiger partial charge in [0, 0.05) is 6.54 Å². The maximum Gasteiger partial charge on any atom is 0.309 e. The fourth-order valence-corrected chi connectivity index (χ4v) is 1.50. The molecule has 0 saturated carbocycles. The summed E-state index contributed by atoms with van der Waals surface area (Å²) in [4.78, 5) is 11.1. The van der Waals surface area contributed by atoms with Crippen molar-refractivity contribution in [2.24, 2.45) is 11.8 Å². The number of esters is 1. The van der Waals surface area contributed by atoms with E-state index >= 15 is 0 Å². The summed E-state index contributed by atoms with van der Waals surface area (Å²) in [6, 6.07) is 0. The van der Waals surface area contributed by atoms with Gasteiger partial charge in [0.2, 0.25) is 0 Å². The summed E-state index contributed by atoms with van der Waals surface area (Å²) >= 11 is 0. The van der Waals surface area contributed by atoms with E-state index in [2.05, 4.69) is 17.0 Å². The van der Waals surface area contributed by atoms with E-state index in [4.69, 9.17) is 0 Å². The van der Waals surface area contributed by atoms with Crippen LogP contribution in [-0.2, 0) is 9.53 Å². The summed E-state index contributed by atoms with van der Waals surface area (Å²) < 4.78 is 4.66. The molecule has 0 bridgehead atoms. The normalized spacial score (nSPS) is 31.5. The van der Waals surface area contributed by atoms with Crippen molar-refractivity contribution in [1.82, 2.24) is 5.32 Å². The predicted octanol–water partition coefficient (Wildman–Crippen LogP) is 0.405. The maximum absolute atomic E-state index is 11.1. The first-order valence-electron chi connectivity index (χ1n) is 4.02. The van der Waals surface area contributed by atoms with Gasteiger partial charge in [-0.2, -0.15) is 0 Å².